The fourth-order valence-electron chi connectivity index (χ4n) is 9.06. The zero-order valence-electron chi connectivity index (χ0n) is 40.4. The van der Waals surface area contributed by atoms with Crippen molar-refractivity contribution in [2.75, 3.05) is 39.5 Å². The number of benzene rings is 2. The van der Waals surface area contributed by atoms with Gasteiger partial charge in [0.1, 0.15) is 35.6 Å². The van der Waals surface area contributed by atoms with Crippen LogP contribution in [-0.4, -0.2) is 123 Å². The quantitative estimate of drug-likeness (QED) is 0.0860. The Morgan fingerprint density at radius 3 is 2.32 bits per heavy atom. The topological polar surface area (TPSA) is 181 Å². The molecule has 2 aromatic carbocycles. The number of aromatic nitrogens is 3. The maximum absolute atomic E-state index is 14.1. The first kappa shape index (κ1) is 50.1. The van der Waals surface area contributed by atoms with Crippen LogP contribution in [0.1, 0.15) is 103 Å². The average molecular weight is 998 g/mol. The first-order chi connectivity index (χ1) is 32.9. The summed E-state index contributed by atoms with van der Waals surface area (Å²) in [6.45, 7) is 16.8. The monoisotopic (exact) mass is 996 g/mol. The summed E-state index contributed by atoms with van der Waals surface area (Å²) in [6.07, 6.45) is -0.288. The molecule has 18 heteroatoms. The third-order valence-corrected chi connectivity index (χ3v) is 15.6. The molecule has 8 rings (SSSR count). The molecule has 69 heavy (non-hydrogen) atoms. The number of nitrogens with one attached hydrogen (secondary N) is 2. The van der Waals surface area contributed by atoms with Gasteiger partial charge in [-0.15, -0.1) is 32.9 Å². The number of halogens is 1. The Hall–Kier alpha value is -5.30. The second-order valence-corrected chi connectivity index (χ2v) is 21.9. The largest absolute Gasteiger partial charge is 0.391 e. The number of hydrogen-bond acceptors (Lipinski definition) is 12. The van der Waals surface area contributed by atoms with E-state index in [9.17, 15) is 24.3 Å². The molecule has 3 aliphatic rings. The Morgan fingerprint density at radius 1 is 0.928 bits per heavy atom. The number of nitrogens with zero attached hydrogens (tertiary/aromatic N) is 6. The summed E-state index contributed by atoms with van der Waals surface area (Å²) in [5.74, 6) is 0.0223. The molecular formula is C51H61ClN8O7S2. The lowest BCUT2D eigenvalue weighted by molar-refractivity contribution is -0.146. The number of aliphatic imine (C=N–C) groups is 1. The molecule has 0 aliphatic carbocycles. The van der Waals surface area contributed by atoms with Crippen LogP contribution in [0.3, 0.4) is 0 Å². The van der Waals surface area contributed by atoms with E-state index in [-0.39, 0.29) is 56.6 Å². The zero-order chi connectivity index (χ0) is 49.3. The summed E-state index contributed by atoms with van der Waals surface area (Å²) in [4.78, 5) is 65.5. The first-order valence-electron chi connectivity index (χ1n) is 23.4. The van der Waals surface area contributed by atoms with Crippen LogP contribution >= 0.6 is 34.3 Å². The minimum atomic E-state index is -0.975. The second-order valence-electron chi connectivity index (χ2n) is 19.4. The highest BCUT2D eigenvalue weighted by Crippen LogP contribution is 2.40. The summed E-state index contributed by atoms with van der Waals surface area (Å²) < 4.78 is 13.8. The molecule has 2 saturated heterocycles. The van der Waals surface area contributed by atoms with Gasteiger partial charge in [0.15, 0.2) is 5.82 Å². The van der Waals surface area contributed by atoms with Crippen molar-refractivity contribution in [2.45, 2.75) is 111 Å². The number of aryl methyl sites for hydroxylation is 3. The molecule has 15 nitrogen and oxygen atoms in total. The molecule has 0 radical (unpaired) electrons. The normalized spacial score (nSPS) is 19.0. The van der Waals surface area contributed by atoms with Crippen LogP contribution in [0, 0.1) is 33.1 Å². The third-order valence-electron chi connectivity index (χ3n) is 13.1. The highest BCUT2D eigenvalue weighted by molar-refractivity contribution is 7.15. The van der Waals surface area contributed by atoms with Gasteiger partial charge in [-0.3, -0.25) is 28.7 Å². The molecule has 3 aromatic heterocycles. The molecule has 3 aliphatic heterocycles. The minimum absolute atomic E-state index is 0.0211. The summed E-state index contributed by atoms with van der Waals surface area (Å²) in [6, 6.07) is 15.0. The Kier molecular flexibility index (Phi) is 15.2. The van der Waals surface area contributed by atoms with E-state index in [0.29, 0.717) is 37.0 Å². The fraction of sp³-hybridized carbons (Fsp3) is 0.471. The van der Waals surface area contributed by atoms with Gasteiger partial charge in [0.05, 0.1) is 30.4 Å². The molecule has 4 amide bonds. The summed E-state index contributed by atoms with van der Waals surface area (Å²) in [5.41, 5.74) is 6.36. The van der Waals surface area contributed by atoms with E-state index in [1.54, 1.807) is 27.6 Å². The minimum Gasteiger partial charge on any atom is -0.391 e. The molecule has 5 atom stereocenters. The van der Waals surface area contributed by atoms with Crippen molar-refractivity contribution in [1.29, 1.82) is 0 Å². The van der Waals surface area contributed by atoms with Gasteiger partial charge >= 0.3 is 0 Å². The number of β-amino-alcohol motifs (C(OH)–C–C–N with tert-alkyl or cyclic N) is 1. The maximum Gasteiger partial charge on any atom is 0.246 e. The van der Waals surface area contributed by atoms with Crippen molar-refractivity contribution >= 4 is 63.6 Å². The second kappa shape index (κ2) is 21.0. The lowest BCUT2D eigenvalue weighted by Gasteiger charge is -2.39. The standard InChI is InChI=1S/C51H61ClN8O7S2/c1-28-18-21-68-45(28)35-12-10-33(11-13-35)30(3)53-48(64)40-22-37(61)24-59(40)49(65)46(51(6,7)8)55-41(62)27-66-19-9-20-67-38-25-58(26-38)42(63)23-39-47-57-56-32(5)60(47)50-43(29(2)31(4)69-50)44(54-39)34-14-16-36(52)17-15-34/h10-18,21,30,37-40,46,61H,9,19-20,22-27H2,1-8H3,(H,53,64)(H,55,62)/t30-,37+,39?,40-,46+/m0/s1. The van der Waals surface area contributed by atoms with Gasteiger partial charge in [-0.25, -0.2) is 0 Å². The van der Waals surface area contributed by atoms with E-state index in [4.69, 9.17) is 26.1 Å². The maximum atomic E-state index is 14.1. The lowest BCUT2D eigenvalue weighted by atomic mass is 9.85. The van der Waals surface area contributed by atoms with Crippen molar-refractivity contribution in [3.8, 4) is 15.4 Å². The zero-order valence-corrected chi connectivity index (χ0v) is 42.8. The smallest absolute Gasteiger partial charge is 0.246 e. The molecule has 6 heterocycles. The van der Waals surface area contributed by atoms with E-state index >= 15 is 0 Å². The van der Waals surface area contributed by atoms with E-state index in [1.165, 1.54) is 20.2 Å². The van der Waals surface area contributed by atoms with E-state index in [2.05, 4.69) is 53.0 Å². The van der Waals surface area contributed by atoms with Gasteiger partial charge < -0.3 is 35.0 Å². The molecule has 0 bridgehead atoms. The van der Waals surface area contributed by atoms with Crippen LogP contribution in [-0.2, 0) is 28.7 Å². The number of ether oxygens (including phenoxy) is 2. The molecule has 366 valence electrons. The van der Waals surface area contributed by atoms with E-state index in [0.717, 1.165) is 44.4 Å². The number of carbonyl (C=O) groups is 4. The summed E-state index contributed by atoms with van der Waals surface area (Å²) in [5, 5.41) is 29.2. The van der Waals surface area contributed by atoms with Gasteiger partial charge in [-0.05, 0) is 92.3 Å². The molecule has 1 unspecified atom stereocenters. The van der Waals surface area contributed by atoms with Crippen LogP contribution < -0.4 is 10.6 Å². The highest BCUT2D eigenvalue weighted by Gasteiger charge is 2.45. The molecule has 5 aromatic rings. The number of hydrogen-bond donors (Lipinski definition) is 3. The third kappa shape index (κ3) is 11.0. The molecular weight excluding hydrogens is 936 g/mol. The summed E-state index contributed by atoms with van der Waals surface area (Å²) >= 11 is 9.61. The number of likely N-dealkylation sites (tertiary alicyclic amines) is 2. The molecule has 0 saturated carbocycles. The Labute approximate surface area is 416 Å². The number of rotatable bonds is 16. The predicted octanol–water partition coefficient (Wildman–Crippen LogP) is 7.23. The van der Waals surface area contributed by atoms with Crippen molar-refractivity contribution in [3.05, 3.63) is 109 Å². The van der Waals surface area contributed by atoms with E-state index < -0.39 is 41.5 Å². The Morgan fingerprint density at radius 2 is 1.64 bits per heavy atom. The van der Waals surface area contributed by atoms with Crippen molar-refractivity contribution < 1.29 is 33.8 Å². The van der Waals surface area contributed by atoms with Crippen LogP contribution in [0.5, 0.6) is 0 Å². The number of thiophene rings is 2. The van der Waals surface area contributed by atoms with Crippen LogP contribution in [0.15, 0.2) is 65.0 Å². The van der Waals surface area contributed by atoms with Crippen LogP contribution in [0.2, 0.25) is 5.02 Å². The fourth-order valence-corrected chi connectivity index (χ4v) is 11.3. The van der Waals surface area contributed by atoms with Gasteiger partial charge in [0, 0.05) is 65.2 Å². The molecule has 2 fully saturated rings. The van der Waals surface area contributed by atoms with Gasteiger partial charge in [-0.1, -0.05) is 68.8 Å². The van der Waals surface area contributed by atoms with Crippen molar-refractivity contribution in [3.63, 3.8) is 0 Å². The van der Waals surface area contributed by atoms with Gasteiger partial charge in [0.2, 0.25) is 23.6 Å². The number of fused-ring (bicyclic) bond motifs is 3. The number of aliphatic hydroxyl groups is 1. The van der Waals surface area contributed by atoms with Crippen LogP contribution in [0.25, 0.3) is 15.4 Å². The van der Waals surface area contributed by atoms with Crippen molar-refractivity contribution in [2.24, 2.45) is 10.4 Å². The lowest BCUT2D eigenvalue weighted by Crippen LogP contribution is -2.58. The Bertz CT molecular complexity index is 2720. The SMILES string of the molecule is Cc1ccsc1-c1ccc([C@H](C)NC(=O)[C@@H]2C[C@@H](O)CN2C(=O)[C@@H](NC(=O)COCCCOC2CN(C(=O)CC3N=C(c4ccc(Cl)cc4)c4c(sc(C)c4C)-n4c(C)nnc43)C2)C(C)(C)C)cc1. The summed E-state index contributed by atoms with van der Waals surface area (Å²) in [7, 11) is 0. The van der Waals surface area contributed by atoms with Crippen LogP contribution in [0.4, 0.5) is 0 Å². The molecule has 3 N–H and O–H groups in total. The van der Waals surface area contributed by atoms with Gasteiger partial charge in [-0.2, -0.15) is 0 Å². The van der Waals surface area contributed by atoms with Crippen molar-refractivity contribution in [1.82, 2.24) is 35.2 Å². The Balaban J connectivity index is 0.782. The molecule has 0 spiro atoms. The predicted molar refractivity (Wildman–Crippen MR) is 268 cm³/mol. The number of aliphatic hydroxyl groups excluding tert-OH is 1. The first-order valence-corrected chi connectivity index (χ1v) is 25.5. The number of amides is 4. The number of carbonyl (C=O) groups excluding carboxylic acids is 4. The van der Waals surface area contributed by atoms with Gasteiger partial charge in [0.25, 0.3) is 0 Å². The van der Waals surface area contributed by atoms with E-state index in [1.807, 2.05) is 87.7 Å². The average Bonchev–Trinajstić information content (AvgIpc) is 4.06. The highest BCUT2D eigenvalue weighted by atomic mass is 35.5.